The first-order valence-corrected chi connectivity index (χ1v) is 8.93. The second kappa shape index (κ2) is 9.42. The summed E-state index contributed by atoms with van der Waals surface area (Å²) in [4.78, 5) is 25.5. The number of fused-ring (bicyclic) bond motifs is 1. The molecule has 1 heterocycles. The molecule has 0 aromatic heterocycles. The Balaban J connectivity index is 2.26. The van der Waals surface area contributed by atoms with Gasteiger partial charge in [-0.15, -0.1) is 0 Å². The molecule has 25 heavy (non-hydrogen) atoms. The molecule has 1 aliphatic rings. The number of hydrogen-bond acceptors (Lipinski definition) is 4. The lowest BCUT2D eigenvalue weighted by Crippen LogP contribution is -2.39. The summed E-state index contributed by atoms with van der Waals surface area (Å²) in [5.41, 5.74) is 1.13. The molecule has 0 atom stereocenters. The van der Waals surface area contributed by atoms with E-state index in [9.17, 15) is 14.7 Å². The zero-order valence-corrected chi connectivity index (χ0v) is 15.1. The van der Waals surface area contributed by atoms with Crippen molar-refractivity contribution in [2.75, 3.05) is 26.2 Å². The predicted octanol–water partition coefficient (Wildman–Crippen LogP) is 2.52. The lowest BCUT2D eigenvalue weighted by Gasteiger charge is -2.25. The minimum atomic E-state index is -0.965. The average molecular weight is 348 g/mol. The summed E-state index contributed by atoms with van der Waals surface area (Å²) in [7, 11) is 0. The van der Waals surface area contributed by atoms with E-state index in [2.05, 4.69) is 24.1 Å². The number of rotatable bonds is 3. The summed E-state index contributed by atoms with van der Waals surface area (Å²) in [6.45, 7) is 7.14. The minimum Gasteiger partial charge on any atom is -0.493 e. The smallest absolute Gasteiger partial charge is 0.335 e. The van der Waals surface area contributed by atoms with Crippen molar-refractivity contribution in [1.29, 1.82) is 0 Å². The first kappa shape index (κ1) is 19.2. The SMILES string of the molecule is CC(C)CN1CC(=O)NCCCCCOc2cc(C(=O)O)ccc2C1. The van der Waals surface area contributed by atoms with Crippen molar-refractivity contribution in [3.8, 4) is 5.75 Å². The molecule has 1 aromatic carbocycles. The highest BCUT2D eigenvalue weighted by Crippen LogP contribution is 2.23. The number of carbonyl (C=O) groups is 2. The molecule has 2 N–H and O–H groups in total. The fourth-order valence-corrected chi connectivity index (χ4v) is 2.97. The molecule has 6 nitrogen and oxygen atoms in total. The van der Waals surface area contributed by atoms with E-state index >= 15 is 0 Å². The Labute approximate surface area is 149 Å². The highest BCUT2D eigenvalue weighted by atomic mass is 16.5. The molecule has 0 spiro atoms. The highest BCUT2D eigenvalue weighted by molar-refractivity contribution is 5.88. The van der Waals surface area contributed by atoms with Crippen LogP contribution in [0, 0.1) is 5.92 Å². The number of nitrogens with one attached hydrogen (secondary N) is 1. The van der Waals surface area contributed by atoms with Gasteiger partial charge in [-0.25, -0.2) is 4.79 Å². The Kier molecular flexibility index (Phi) is 7.25. The monoisotopic (exact) mass is 348 g/mol. The zero-order chi connectivity index (χ0) is 18.2. The van der Waals surface area contributed by atoms with Crippen molar-refractivity contribution in [3.63, 3.8) is 0 Å². The molecule has 138 valence electrons. The van der Waals surface area contributed by atoms with Crippen LogP contribution in [0.15, 0.2) is 18.2 Å². The van der Waals surface area contributed by atoms with Crippen LogP contribution in [0.3, 0.4) is 0 Å². The van der Waals surface area contributed by atoms with Gasteiger partial charge in [0.05, 0.1) is 18.7 Å². The zero-order valence-electron chi connectivity index (χ0n) is 15.1. The molecule has 6 heteroatoms. The Morgan fingerprint density at radius 2 is 2.08 bits per heavy atom. The van der Waals surface area contributed by atoms with Crippen LogP contribution in [-0.2, 0) is 11.3 Å². The topological polar surface area (TPSA) is 78.9 Å². The molecule has 0 fully saturated rings. The van der Waals surface area contributed by atoms with Crippen molar-refractivity contribution in [2.24, 2.45) is 5.92 Å². The molecular weight excluding hydrogens is 320 g/mol. The van der Waals surface area contributed by atoms with Gasteiger partial charge >= 0.3 is 5.97 Å². The number of benzene rings is 1. The Bertz CT molecular complexity index is 601. The number of carboxylic acids is 1. The van der Waals surface area contributed by atoms with Crippen molar-refractivity contribution in [1.82, 2.24) is 10.2 Å². The molecule has 1 aromatic rings. The molecule has 0 saturated heterocycles. The third kappa shape index (κ3) is 6.38. The summed E-state index contributed by atoms with van der Waals surface area (Å²) < 4.78 is 5.88. The average Bonchev–Trinajstić information content (AvgIpc) is 2.54. The van der Waals surface area contributed by atoms with Gasteiger partial charge in [0.2, 0.25) is 5.91 Å². The van der Waals surface area contributed by atoms with Crippen LogP contribution in [0.4, 0.5) is 0 Å². The van der Waals surface area contributed by atoms with E-state index in [0.29, 0.717) is 37.9 Å². The summed E-state index contributed by atoms with van der Waals surface area (Å²) in [6, 6.07) is 4.98. The third-order valence-corrected chi connectivity index (χ3v) is 4.10. The lowest BCUT2D eigenvalue weighted by molar-refractivity contribution is -0.122. The number of hydrogen-bond donors (Lipinski definition) is 2. The van der Waals surface area contributed by atoms with E-state index in [4.69, 9.17) is 4.74 Å². The van der Waals surface area contributed by atoms with Crippen molar-refractivity contribution in [3.05, 3.63) is 29.3 Å². The molecule has 0 unspecified atom stereocenters. The Hall–Kier alpha value is -2.08. The van der Waals surface area contributed by atoms with E-state index in [-0.39, 0.29) is 11.5 Å². The van der Waals surface area contributed by atoms with Crippen LogP contribution in [0.5, 0.6) is 5.75 Å². The van der Waals surface area contributed by atoms with Crippen molar-refractivity contribution >= 4 is 11.9 Å². The maximum atomic E-state index is 12.2. The predicted molar refractivity (Wildman–Crippen MR) is 95.9 cm³/mol. The van der Waals surface area contributed by atoms with Gasteiger partial charge in [-0.1, -0.05) is 19.9 Å². The summed E-state index contributed by atoms with van der Waals surface area (Å²) >= 11 is 0. The number of carbonyl (C=O) groups excluding carboxylic acids is 1. The Morgan fingerprint density at radius 3 is 2.80 bits per heavy atom. The van der Waals surface area contributed by atoms with Gasteiger partial charge in [0.1, 0.15) is 5.75 Å². The maximum absolute atomic E-state index is 12.2. The minimum absolute atomic E-state index is 0.0320. The summed E-state index contributed by atoms with van der Waals surface area (Å²) in [5.74, 6) is 0.0942. The largest absolute Gasteiger partial charge is 0.493 e. The maximum Gasteiger partial charge on any atom is 0.335 e. The number of aromatic carboxylic acids is 1. The van der Waals surface area contributed by atoms with Gasteiger partial charge < -0.3 is 15.2 Å². The highest BCUT2D eigenvalue weighted by Gasteiger charge is 2.17. The fourth-order valence-electron chi connectivity index (χ4n) is 2.97. The quantitative estimate of drug-likeness (QED) is 0.877. The molecule has 1 aliphatic heterocycles. The van der Waals surface area contributed by atoms with Crippen LogP contribution in [0.25, 0.3) is 0 Å². The van der Waals surface area contributed by atoms with Gasteiger partial charge in [0.15, 0.2) is 0 Å². The van der Waals surface area contributed by atoms with Gasteiger partial charge in [-0.05, 0) is 37.3 Å². The second-order valence-electron chi connectivity index (χ2n) is 6.95. The summed E-state index contributed by atoms with van der Waals surface area (Å²) in [5, 5.41) is 12.2. The first-order chi connectivity index (χ1) is 12.0. The van der Waals surface area contributed by atoms with Gasteiger partial charge in [0, 0.05) is 25.2 Å². The molecule has 0 radical (unpaired) electrons. The number of carboxylic acid groups (broad SMARTS) is 1. The molecule has 0 aliphatic carbocycles. The first-order valence-electron chi connectivity index (χ1n) is 8.93. The Morgan fingerprint density at radius 1 is 1.28 bits per heavy atom. The number of amides is 1. The van der Waals surface area contributed by atoms with Crippen molar-refractivity contribution in [2.45, 2.75) is 39.7 Å². The molecule has 0 saturated carbocycles. The molecule has 1 amide bonds. The van der Waals surface area contributed by atoms with Crippen LogP contribution in [-0.4, -0.2) is 48.1 Å². The van der Waals surface area contributed by atoms with E-state index in [1.807, 2.05) is 0 Å². The van der Waals surface area contributed by atoms with Gasteiger partial charge in [-0.3, -0.25) is 9.69 Å². The second-order valence-corrected chi connectivity index (χ2v) is 6.95. The summed E-state index contributed by atoms with van der Waals surface area (Å²) in [6.07, 6.45) is 2.76. The molecular formula is C19H28N2O4. The fraction of sp³-hybridized carbons (Fsp3) is 0.579. The standard InChI is InChI=1S/C19H28N2O4/c1-14(2)11-21-12-16-7-6-15(19(23)24)10-17(16)25-9-5-3-4-8-20-18(22)13-21/h6-7,10,14H,3-5,8-9,11-13H2,1-2H3,(H,20,22)(H,23,24). The number of ether oxygens (including phenoxy) is 1. The van der Waals surface area contributed by atoms with Crippen molar-refractivity contribution < 1.29 is 19.4 Å². The third-order valence-electron chi connectivity index (χ3n) is 4.10. The van der Waals surface area contributed by atoms with E-state index in [1.54, 1.807) is 18.2 Å². The van der Waals surface area contributed by atoms with Crippen LogP contribution in [0.1, 0.15) is 49.0 Å². The van der Waals surface area contributed by atoms with E-state index < -0.39 is 5.97 Å². The molecule has 2 rings (SSSR count). The van der Waals surface area contributed by atoms with Gasteiger partial charge in [0.25, 0.3) is 0 Å². The van der Waals surface area contributed by atoms with Crippen LogP contribution in [0.2, 0.25) is 0 Å². The molecule has 0 bridgehead atoms. The lowest BCUT2D eigenvalue weighted by atomic mass is 10.1. The van der Waals surface area contributed by atoms with E-state index in [0.717, 1.165) is 31.4 Å². The number of nitrogens with zero attached hydrogens (tertiary/aromatic N) is 1. The van der Waals surface area contributed by atoms with Gasteiger partial charge in [-0.2, -0.15) is 0 Å². The normalized spacial score (nSPS) is 17.5. The van der Waals surface area contributed by atoms with Crippen LogP contribution < -0.4 is 10.1 Å². The van der Waals surface area contributed by atoms with E-state index in [1.165, 1.54) is 0 Å². The van der Waals surface area contributed by atoms with Crippen LogP contribution >= 0.6 is 0 Å².